The van der Waals surface area contributed by atoms with E-state index < -0.39 is 10.9 Å². The lowest BCUT2D eigenvalue weighted by atomic mass is 9.84. The summed E-state index contributed by atoms with van der Waals surface area (Å²) in [5, 5.41) is 7.81. The van der Waals surface area contributed by atoms with E-state index in [0.717, 1.165) is 11.3 Å². The number of fused-ring (bicyclic) bond motifs is 1. The van der Waals surface area contributed by atoms with Gasteiger partial charge < -0.3 is 15.1 Å². The average Bonchev–Trinajstić information content (AvgIpc) is 3.27. The number of furan rings is 1. The van der Waals surface area contributed by atoms with Crippen molar-refractivity contribution in [3.05, 3.63) is 71.9 Å². The quantitative estimate of drug-likeness (QED) is 0.506. The van der Waals surface area contributed by atoms with E-state index in [4.69, 9.17) is 20.9 Å². The highest BCUT2D eigenvalue weighted by atomic mass is 35.5. The fourth-order valence-electron chi connectivity index (χ4n) is 4.00. The SMILES string of the molecule is CON1Cc2c(Cl)ccc(Nc3c(NC(c4cc(C)c(C)o4)C(C)(C)C)c(=O)c3=O)c2C1=O. The number of carbonyl (C=O) groups is 1. The number of hydroxylamine groups is 2. The van der Waals surface area contributed by atoms with E-state index in [-0.39, 0.29) is 35.3 Å². The molecule has 0 radical (unpaired) electrons. The molecule has 2 heterocycles. The third-order valence-corrected chi connectivity index (χ3v) is 6.37. The highest BCUT2D eigenvalue weighted by molar-refractivity contribution is 6.32. The summed E-state index contributed by atoms with van der Waals surface area (Å²) in [5.74, 6) is 1.09. The molecule has 33 heavy (non-hydrogen) atoms. The van der Waals surface area contributed by atoms with Gasteiger partial charge in [-0.25, -0.2) is 5.06 Å². The maximum absolute atomic E-state index is 12.8. The second-order valence-electron chi connectivity index (χ2n) is 9.34. The van der Waals surface area contributed by atoms with Gasteiger partial charge in [0.05, 0.1) is 30.9 Å². The van der Waals surface area contributed by atoms with Gasteiger partial charge in [0.1, 0.15) is 22.9 Å². The van der Waals surface area contributed by atoms with Gasteiger partial charge in [0.15, 0.2) is 0 Å². The van der Waals surface area contributed by atoms with Crippen LogP contribution in [0.25, 0.3) is 0 Å². The second kappa shape index (κ2) is 8.04. The van der Waals surface area contributed by atoms with Crippen LogP contribution in [-0.2, 0) is 11.4 Å². The van der Waals surface area contributed by atoms with Crippen molar-refractivity contribution in [2.24, 2.45) is 5.41 Å². The van der Waals surface area contributed by atoms with E-state index in [2.05, 4.69) is 10.6 Å². The molecular formula is C24H26ClN3O5. The number of carbonyl (C=O) groups excluding carboxylic acids is 1. The van der Waals surface area contributed by atoms with E-state index in [1.54, 1.807) is 12.1 Å². The third-order valence-electron chi connectivity index (χ3n) is 6.01. The predicted molar refractivity (Wildman–Crippen MR) is 127 cm³/mol. The lowest BCUT2D eigenvalue weighted by Crippen LogP contribution is -2.39. The molecule has 1 aliphatic heterocycles. The Morgan fingerprint density at radius 2 is 1.79 bits per heavy atom. The first-order valence-electron chi connectivity index (χ1n) is 10.5. The van der Waals surface area contributed by atoms with Crippen LogP contribution >= 0.6 is 11.6 Å². The van der Waals surface area contributed by atoms with Crippen molar-refractivity contribution in [3.63, 3.8) is 0 Å². The number of hydrogen-bond donors (Lipinski definition) is 2. The fraction of sp³-hybridized carbons (Fsp3) is 0.375. The molecular weight excluding hydrogens is 446 g/mol. The first-order valence-corrected chi connectivity index (χ1v) is 10.9. The summed E-state index contributed by atoms with van der Waals surface area (Å²) in [6.45, 7) is 10.1. The number of nitrogens with one attached hydrogen (secondary N) is 2. The molecule has 0 saturated carbocycles. The molecule has 2 N–H and O–H groups in total. The van der Waals surface area contributed by atoms with Crippen molar-refractivity contribution in [1.82, 2.24) is 5.06 Å². The van der Waals surface area contributed by atoms with Gasteiger partial charge in [-0.3, -0.25) is 19.2 Å². The molecule has 0 spiro atoms. The van der Waals surface area contributed by atoms with Gasteiger partial charge in [-0.1, -0.05) is 32.4 Å². The summed E-state index contributed by atoms with van der Waals surface area (Å²) >= 11 is 6.28. The van der Waals surface area contributed by atoms with Crippen LogP contribution in [0.1, 0.15) is 59.8 Å². The average molecular weight is 472 g/mol. The second-order valence-corrected chi connectivity index (χ2v) is 9.74. The molecule has 4 rings (SSSR count). The lowest BCUT2D eigenvalue weighted by Gasteiger charge is -2.31. The van der Waals surface area contributed by atoms with Crippen molar-refractivity contribution in [2.45, 2.75) is 47.2 Å². The number of aryl methyl sites for hydroxylation is 2. The Kier molecular flexibility index (Phi) is 5.62. The van der Waals surface area contributed by atoms with Gasteiger partial charge in [-0.2, -0.15) is 0 Å². The van der Waals surface area contributed by atoms with Crippen molar-refractivity contribution in [2.75, 3.05) is 17.7 Å². The number of halogens is 1. The van der Waals surface area contributed by atoms with Crippen molar-refractivity contribution < 1.29 is 14.0 Å². The van der Waals surface area contributed by atoms with Crippen LogP contribution in [0.2, 0.25) is 5.02 Å². The number of nitrogens with zero attached hydrogens (tertiary/aromatic N) is 1. The Morgan fingerprint density at radius 3 is 2.36 bits per heavy atom. The number of benzene rings is 1. The van der Waals surface area contributed by atoms with E-state index in [1.807, 2.05) is 40.7 Å². The molecule has 1 unspecified atom stereocenters. The first-order chi connectivity index (χ1) is 15.4. The topological polar surface area (TPSA) is 101 Å². The summed E-state index contributed by atoms with van der Waals surface area (Å²) in [5.41, 5.74) is 0.936. The van der Waals surface area contributed by atoms with Crippen LogP contribution in [0, 0.1) is 19.3 Å². The fourth-order valence-corrected chi connectivity index (χ4v) is 4.22. The van der Waals surface area contributed by atoms with Crippen molar-refractivity contribution in [1.29, 1.82) is 0 Å². The van der Waals surface area contributed by atoms with Gasteiger partial charge in [0, 0.05) is 10.6 Å². The molecule has 0 fully saturated rings. The zero-order chi connectivity index (χ0) is 24.2. The number of amides is 1. The Balaban J connectivity index is 1.71. The van der Waals surface area contributed by atoms with Gasteiger partial charge in [-0.05, 0) is 43.0 Å². The Labute approximate surface area is 196 Å². The Bertz CT molecular complexity index is 1310. The minimum absolute atomic E-state index is 0.0995. The number of anilines is 3. The maximum atomic E-state index is 12.8. The molecule has 1 aliphatic rings. The number of rotatable bonds is 6. The van der Waals surface area contributed by atoms with E-state index >= 15 is 0 Å². The summed E-state index contributed by atoms with van der Waals surface area (Å²) in [4.78, 5) is 42.9. The van der Waals surface area contributed by atoms with Crippen LogP contribution in [0.3, 0.4) is 0 Å². The smallest absolute Gasteiger partial charge is 0.280 e. The summed E-state index contributed by atoms with van der Waals surface area (Å²) in [7, 11) is 1.40. The van der Waals surface area contributed by atoms with Crippen LogP contribution in [0.15, 0.2) is 32.2 Å². The van der Waals surface area contributed by atoms with Gasteiger partial charge in [-0.15, -0.1) is 0 Å². The highest BCUT2D eigenvalue weighted by Crippen LogP contribution is 2.40. The first kappa shape index (κ1) is 23.1. The molecule has 0 saturated heterocycles. The molecule has 1 atom stereocenters. The zero-order valence-corrected chi connectivity index (χ0v) is 20.1. The lowest BCUT2D eigenvalue weighted by molar-refractivity contribution is -0.0956. The van der Waals surface area contributed by atoms with Crippen LogP contribution in [-0.4, -0.2) is 18.1 Å². The van der Waals surface area contributed by atoms with E-state index in [0.29, 0.717) is 27.6 Å². The third kappa shape index (κ3) is 3.83. The monoisotopic (exact) mass is 471 g/mol. The molecule has 3 aromatic rings. The summed E-state index contributed by atoms with van der Waals surface area (Å²) in [6.07, 6.45) is 0. The molecule has 9 heteroatoms. The summed E-state index contributed by atoms with van der Waals surface area (Å²) in [6, 6.07) is 4.82. The summed E-state index contributed by atoms with van der Waals surface area (Å²) < 4.78 is 5.92. The molecule has 1 aromatic heterocycles. The van der Waals surface area contributed by atoms with E-state index in [1.165, 1.54) is 12.2 Å². The standard InChI is InChI=1S/C24H26ClN3O5/c1-11-9-16(33-12(11)2)22(24(3,4)5)27-19-18(20(29)21(19)30)26-15-8-7-14(25)13-10-28(32-6)23(31)17(13)15/h7-9,22,26-27H,10H2,1-6H3. The predicted octanol–water partition coefficient (Wildman–Crippen LogP) is 4.61. The van der Waals surface area contributed by atoms with Crippen molar-refractivity contribution >= 4 is 34.6 Å². The molecule has 8 nitrogen and oxygen atoms in total. The van der Waals surface area contributed by atoms with Gasteiger partial charge >= 0.3 is 0 Å². The van der Waals surface area contributed by atoms with E-state index in [9.17, 15) is 14.4 Å². The minimum Gasteiger partial charge on any atom is -0.464 e. The van der Waals surface area contributed by atoms with Gasteiger partial charge in [0.2, 0.25) is 0 Å². The maximum Gasteiger partial charge on any atom is 0.280 e. The van der Waals surface area contributed by atoms with Gasteiger partial charge in [0.25, 0.3) is 16.8 Å². The van der Waals surface area contributed by atoms with Crippen LogP contribution < -0.4 is 21.5 Å². The number of hydrogen-bond acceptors (Lipinski definition) is 7. The highest BCUT2D eigenvalue weighted by Gasteiger charge is 2.36. The van der Waals surface area contributed by atoms with Crippen LogP contribution in [0.4, 0.5) is 17.1 Å². The molecule has 0 aliphatic carbocycles. The molecule has 1 amide bonds. The van der Waals surface area contributed by atoms with Crippen LogP contribution in [0.5, 0.6) is 0 Å². The molecule has 2 aromatic carbocycles. The Morgan fingerprint density at radius 1 is 1.12 bits per heavy atom. The molecule has 0 bridgehead atoms. The minimum atomic E-state index is -0.658. The van der Waals surface area contributed by atoms with Crippen molar-refractivity contribution in [3.8, 4) is 0 Å². The zero-order valence-electron chi connectivity index (χ0n) is 19.4. The Hall–Kier alpha value is -3.10. The normalized spacial score (nSPS) is 14.6. The largest absolute Gasteiger partial charge is 0.464 e. The molecule has 174 valence electrons.